The molecule has 0 heterocycles. The summed E-state index contributed by atoms with van der Waals surface area (Å²) in [5.41, 5.74) is 1.71. The first-order valence-electron chi connectivity index (χ1n) is 8.33. The Labute approximate surface area is 154 Å². The van der Waals surface area contributed by atoms with Crippen LogP contribution >= 0.6 is 0 Å². The summed E-state index contributed by atoms with van der Waals surface area (Å²) in [5, 5.41) is 2.78. The summed E-state index contributed by atoms with van der Waals surface area (Å²) in [4.78, 5) is 12.6. The third kappa shape index (κ3) is 4.62. The van der Waals surface area contributed by atoms with Crippen LogP contribution in [0.2, 0.25) is 0 Å². The lowest BCUT2D eigenvalue weighted by Gasteiger charge is -2.14. The third-order valence-corrected chi connectivity index (χ3v) is 5.64. The number of aryl methyl sites for hydroxylation is 1. The van der Waals surface area contributed by atoms with Crippen molar-refractivity contribution in [3.8, 4) is 5.75 Å². The number of sulfonamides is 1. The van der Waals surface area contributed by atoms with Crippen LogP contribution < -0.4 is 10.1 Å². The van der Waals surface area contributed by atoms with E-state index in [1.165, 1.54) is 26.2 Å². The zero-order valence-corrected chi connectivity index (χ0v) is 16.3. The van der Waals surface area contributed by atoms with E-state index in [0.29, 0.717) is 23.6 Å². The number of nitrogens with zero attached hydrogens (tertiary/aromatic N) is 1. The van der Waals surface area contributed by atoms with Gasteiger partial charge in [0.1, 0.15) is 5.75 Å². The van der Waals surface area contributed by atoms with Gasteiger partial charge in [-0.2, -0.15) is 0 Å². The van der Waals surface area contributed by atoms with Crippen molar-refractivity contribution in [1.29, 1.82) is 0 Å². The molecule has 0 bridgehead atoms. The highest BCUT2D eigenvalue weighted by molar-refractivity contribution is 7.89. The monoisotopic (exact) mass is 376 g/mol. The minimum atomic E-state index is -3.57. The first kappa shape index (κ1) is 19.9. The maximum atomic E-state index is 12.5. The summed E-state index contributed by atoms with van der Waals surface area (Å²) in [6, 6.07) is 11.5. The highest BCUT2D eigenvalue weighted by Crippen LogP contribution is 2.23. The molecule has 0 aromatic heterocycles. The minimum Gasteiger partial charge on any atom is -0.494 e. The Morgan fingerprint density at radius 3 is 2.35 bits per heavy atom. The molecule has 2 rings (SSSR count). The van der Waals surface area contributed by atoms with Gasteiger partial charge in [-0.15, -0.1) is 0 Å². The molecule has 1 amide bonds. The van der Waals surface area contributed by atoms with Gasteiger partial charge in [0.25, 0.3) is 5.91 Å². The fourth-order valence-electron chi connectivity index (χ4n) is 2.22. The maximum absolute atomic E-state index is 12.5. The largest absolute Gasteiger partial charge is 0.494 e. The molecule has 2 aromatic carbocycles. The van der Waals surface area contributed by atoms with Crippen molar-refractivity contribution in [2.24, 2.45) is 0 Å². The van der Waals surface area contributed by atoms with Crippen LogP contribution in [-0.2, 0) is 10.0 Å². The molecule has 0 aliphatic heterocycles. The molecule has 0 atom stereocenters. The highest BCUT2D eigenvalue weighted by atomic mass is 32.2. The van der Waals surface area contributed by atoms with Gasteiger partial charge in [0.2, 0.25) is 10.0 Å². The molecule has 0 aliphatic rings. The quantitative estimate of drug-likeness (QED) is 0.805. The second-order valence-corrected chi connectivity index (χ2v) is 8.24. The number of carbonyl (C=O) groups excluding carboxylic acids is 1. The maximum Gasteiger partial charge on any atom is 0.255 e. The SMILES string of the molecule is CCCOc1ccc(C(=O)Nc2cc(S(=O)(=O)N(C)C)ccc2C)cc1. The van der Waals surface area contributed by atoms with Gasteiger partial charge in [0, 0.05) is 25.3 Å². The van der Waals surface area contributed by atoms with Gasteiger partial charge >= 0.3 is 0 Å². The van der Waals surface area contributed by atoms with Crippen LogP contribution in [0, 0.1) is 6.92 Å². The van der Waals surface area contributed by atoms with Gasteiger partial charge in [0.15, 0.2) is 0 Å². The zero-order chi connectivity index (χ0) is 19.3. The fourth-order valence-corrected chi connectivity index (χ4v) is 3.15. The van der Waals surface area contributed by atoms with Crippen LogP contribution in [0.15, 0.2) is 47.4 Å². The fraction of sp³-hybridized carbons (Fsp3) is 0.316. The molecule has 0 saturated heterocycles. The Morgan fingerprint density at radius 2 is 1.77 bits per heavy atom. The Morgan fingerprint density at radius 1 is 1.12 bits per heavy atom. The topological polar surface area (TPSA) is 75.7 Å². The number of hydrogen-bond donors (Lipinski definition) is 1. The first-order chi connectivity index (χ1) is 12.3. The summed E-state index contributed by atoms with van der Waals surface area (Å²) < 4.78 is 31.2. The van der Waals surface area contributed by atoms with E-state index in [1.807, 2.05) is 13.8 Å². The third-order valence-electron chi connectivity index (χ3n) is 3.83. The van der Waals surface area contributed by atoms with E-state index in [4.69, 9.17) is 4.74 Å². The van der Waals surface area contributed by atoms with Crippen molar-refractivity contribution in [1.82, 2.24) is 4.31 Å². The van der Waals surface area contributed by atoms with Gasteiger partial charge in [0.05, 0.1) is 11.5 Å². The van der Waals surface area contributed by atoms with Crippen LogP contribution in [0.5, 0.6) is 5.75 Å². The smallest absolute Gasteiger partial charge is 0.255 e. The average Bonchev–Trinajstić information content (AvgIpc) is 2.61. The van der Waals surface area contributed by atoms with Crippen molar-refractivity contribution < 1.29 is 17.9 Å². The van der Waals surface area contributed by atoms with Gasteiger partial charge < -0.3 is 10.1 Å². The lowest BCUT2D eigenvalue weighted by atomic mass is 10.1. The van der Waals surface area contributed by atoms with E-state index in [2.05, 4.69) is 5.32 Å². The van der Waals surface area contributed by atoms with Crippen LogP contribution in [0.4, 0.5) is 5.69 Å². The number of anilines is 1. The van der Waals surface area contributed by atoms with Crippen molar-refractivity contribution in [2.75, 3.05) is 26.0 Å². The summed E-state index contributed by atoms with van der Waals surface area (Å²) in [6.07, 6.45) is 0.910. The molecule has 0 spiro atoms. The van der Waals surface area contributed by atoms with Crippen molar-refractivity contribution in [3.05, 3.63) is 53.6 Å². The molecule has 6 nitrogen and oxygen atoms in total. The molecule has 1 N–H and O–H groups in total. The number of rotatable bonds is 7. The van der Waals surface area contributed by atoms with Crippen LogP contribution in [0.25, 0.3) is 0 Å². The number of ether oxygens (including phenoxy) is 1. The summed E-state index contributed by atoms with van der Waals surface area (Å²) in [6.45, 7) is 4.45. The van der Waals surface area contributed by atoms with Crippen molar-refractivity contribution in [3.63, 3.8) is 0 Å². The Balaban J connectivity index is 2.21. The number of hydrogen-bond acceptors (Lipinski definition) is 4. The molecule has 0 fully saturated rings. The average molecular weight is 376 g/mol. The van der Waals surface area contributed by atoms with Gasteiger partial charge in [-0.3, -0.25) is 4.79 Å². The van der Waals surface area contributed by atoms with Crippen molar-refractivity contribution in [2.45, 2.75) is 25.2 Å². The van der Waals surface area contributed by atoms with E-state index in [-0.39, 0.29) is 10.8 Å². The number of amides is 1. The van der Waals surface area contributed by atoms with Gasteiger partial charge in [-0.1, -0.05) is 13.0 Å². The minimum absolute atomic E-state index is 0.131. The molecular weight excluding hydrogens is 352 g/mol. The zero-order valence-electron chi connectivity index (χ0n) is 15.4. The summed E-state index contributed by atoms with van der Waals surface area (Å²) in [7, 11) is -0.630. The first-order valence-corrected chi connectivity index (χ1v) is 9.77. The molecule has 2 aromatic rings. The molecule has 0 unspecified atom stereocenters. The molecule has 0 aliphatic carbocycles. The molecule has 0 radical (unpaired) electrons. The molecule has 140 valence electrons. The highest BCUT2D eigenvalue weighted by Gasteiger charge is 2.19. The molecule has 0 saturated carbocycles. The molecule has 7 heteroatoms. The lowest BCUT2D eigenvalue weighted by molar-refractivity contribution is 0.102. The van der Waals surface area contributed by atoms with Crippen LogP contribution in [0.3, 0.4) is 0 Å². The number of nitrogens with one attached hydrogen (secondary N) is 1. The van der Waals surface area contributed by atoms with Crippen LogP contribution in [0.1, 0.15) is 29.3 Å². The van der Waals surface area contributed by atoms with E-state index < -0.39 is 10.0 Å². The number of carbonyl (C=O) groups is 1. The van der Waals surface area contributed by atoms with Gasteiger partial charge in [-0.25, -0.2) is 12.7 Å². The normalized spacial score (nSPS) is 11.4. The van der Waals surface area contributed by atoms with Crippen LogP contribution in [-0.4, -0.2) is 39.3 Å². The number of benzene rings is 2. The van der Waals surface area contributed by atoms with E-state index in [9.17, 15) is 13.2 Å². The van der Waals surface area contributed by atoms with Crippen molar-refractivity contribution >= 4 is 21.6 Å². The van der Waals surface area contributed by atoms with E-state index in [1.54, 1.807) is 30.3 Å². The Hall–Kier alpha value is -2.38. The Bertz CT molecular complexity index is 875. The second kappa shape index (κ2) is 8.33. The second-order valence-electron chi connectivity index (χ2n) is 6.09. The predicted octanol–water partition coefficient (Wildman–Crippen LogP) is 3.29. The molecule has 26 heavy (non-hydrogen) atoms. The standard InChI is InChI=1S/C19H24N2O4S/c1-5-12-25-16-9-7-15(8-10-16)19(22)20-18-13-17(11-6-14(18)2)26(23,24)21(3)4/h6-11,13H,5,12H2,1-4H3,(H,20,22). The lowest BCUT2D eigenvalue weighted by Crippen LogP contribution is -2.22. The van der Waals surface area contributed by atoms with E-state index >= 15 is 0 Å². The van der Waals surface area contributed by atoms with E-state index in [0.717, 1.165) is 16.3 Å². The van der Waals surface area contributed by atoms with Gasteiger partial charge in [-0.05, 0) is 55.3 Å². The molecular formula is C19H24N2O4S. The Kier molecular flexibility index (Phi) is 6.39. The predicted molar refractivity (Wildman–Crippen MR) is 102 cm³/mol. The summed E-state index contributed by atoms with van der Waals surface area (Å²) in [5.74, 6) is 0.396. The summed E-state index contributed by atoms with van der Waals surface area (Å²) >= 11 is 0.